The van der Waals surface area contributed by atoms with Crippen LogP contribution in [0.5, 0.6) is 5.75 Å². The molecular weight excluding hydrogens is 244 g/mol. The second-order valence-electron chi connectivity index (χ2n) is 4.78. The predicted molar refractivity (Wildman–Crippen MR) is 75.1 cm³/mol. The van der Waals surface area contributed by atoms with Crippen molar-refractivity contribution in [3.05, 3.63) is 36.4 Å². The fraction of sp³-hybridized carbons (Fsp3) is 0.333. The lowest BCUT2D eigenvalue weighted by atomic mass is 10.1. The summed E-state index contributed by atoms with van der Waals surface area (Å²) < 4.78 is 0. The highest BCUT2D eigenvalue weighted by atomic mass is 32.2. The van der Waals surface area contributed by atoms with E-state index in [1.165, 1.54) is 0 Å². The van der Waals surface area contributed by atoms with Crippen molar-refractivity contribution in [3.63, 3.8) is 0 Å². The molecule has 0 spiro atoms. The minimum absolute atomic E-state index is 0.192. The molecule has 2 aromatic carbocycles. The highest BCUT2D eigenvalue weighted by Gasteiger charge is 2.26. The van der Waals surface area contributed by atoms with Crippen LogP contribution in [0.15, 0.2) is 41.3 Å². The van der Waals surface area contributed by atoms with E-state index in [0.29, 0.717) is 5.75 Å². The molecule has 2 aromatic rings. The van der Waals surface area contributed by atoms with Crippen molar-refractivity contribution in [1.82, 2.24) is 0 Å². The molecule has 1 saturated carbocycles. The van der Waals surface area contributed by atoms with Crippen LogP contribution >= 0.6 is 11.8 Å². The Balaban J connectivity index is 1.99. The van der Waals surface area contributed by atoms with Gasteiger partial charge in [-0.3, -0.25) is 0 Å². The molecule has 1 aliphatic rings. The van der Waals surface area contributed by atoms with Gasteiger partial charge in [0.1, 0.15) is 5.75 Å². The summed E-state index contributed by atoms with van der Waals surface area (Å²) in [6.07, 6.45) is 2.89. The first-order valence-corrected chi connectivity index (χ1v) is 7.19. The molecule has 2 atom stereocenters. The first kappa shape index (κ1) is 11.9. The van der Waals surface area contributed by atoms with Gasteiger partial charge in [0.05, 0.1) is 6.10 Å². The average molecular weight is 260 g/mol. The van der Waals surface area contributed by atoms with Crippen LogP contribution in [-0.2, 0) is 0 Å². The first-order valence-electron chi connectivity index (χ1n) is 6.31. The highest BCUT2D eigenvalue weighted by molar-refractivity contribution is 8.00. The van der Waals surface area contributed by atoms with E-state index in [-0.39, 0.29) is 11.4 Å². The molecule has 0 bridgehead atoms. The summed E-state index contributed by atoms with van der Waals surface area (Å²) in [5.41, 5.74) is 0. The van der Waals surface area contributed by atoms with Crippen molar-refractivity contribution in [1.29, 1.82) is 0 Å². The van der Waals surface area contributed by atoms with E-state index in [2.05, 4.69) is 0 Å². The molecule has 0 unspecified atom stereocenters. The maximum atomic E-state index is 9.91. The number of hydrogen-bond donors (Lipinski definition) is 2. The molecule has 0 aromatic heterocycles. The second kappa shape index (κ2) is 4.82. The maximum absolute atomic E-state index is 9.91. The molecule has 18 heavy (non-hydrogen) atoms. The normalized spacial score (nSPS) is 23.6. The number of hydrogen-bond acceptors (Lipinski definition) is 3. The Kier molecular flexibility index (Phi) is 3.18. The molecule has 0 saturated heterocycles. The summed E-state index contributed by atoms with van der Waals surface area (Å²) in [6.45, 7) is 0. The van der Waals surface area contributed by atoms with Crippen LogP contribution in [-0.4, -0.2) is 21.6 Å². The Morgan fingerprint density at radius 1 is 1.00 bits per heavy atom. The number of rotatable bonds is 2. The third-order valence-corrected chi connectivity index (χ3v) is 5.02. The van der Waals surface area contributed by atoms with Gasteiger partial charge in [0.25, 0.3) is 0 Å². The lowest BCUT2D eigenvalue weighted by Gasteiger charge is -2.15. The van der Waals surface area contributed by atoms with E-state index in [0.717, 1.165) is 34.9 Å². The van der Waals surface area contributed by atoms with Gasteiger partial charge in [-0.05, 0) is 36.8 Å². The molecule has 94 valence electrons. The van der Waals surface area contributed by atoms with Crippen molar-refractivity contribution < 1.29 is 10.2 Å². The maximum Gasteiger partial charge on any atom is 0.123 e. The smallest absolute Gasteiger partial charge is 0.123 e. The van der Waals surface area contributed by atoms with Crippen LogP contribution in [0.2, 0.25) is 0 Å². The minimum Gasteiger partial charge on any atom is -0.507 e. The van der Waals surface area contributed by atoms with Crippen LogP contribution < -0.4 is 0 Å². The van der Waals surface area contributed by atoms with E-state index >= 15 is 0 Å². The van der Waals surface area contributed by atoms with E-state index in [1.807, 2.05) is 30.3 Å². The summed E-state index contributed by atoms with van der Waals surface area (Å²) in [6, 6.07) is 11.6. The van der Waals surface area contributed by atoms with Crippen LogP contribution in [0.25, 0.3) is 10.8 Å². The number of phenolic OH excluding ortho intramolecular Hbond substituents is 1. The van der Waals surface area contributed by atoms with Crippen molar-refractivity contribution in [3.8, 4) is 5.75 Å². The Labute approximate surface area is 111 Å². The standard InChI is InChI=1S/C15H16O2S/c16-12-8-9-14(11-5-2-1-4-10(11)12)18-15-7-3-6-13(15)17/h1-2,4-5,8-9,13,15-17H,3,6-7H2/t13-,15-/m1/s1. The summed E-state index contributed by atoms with van der Waals surface area (Å²) in [4.78, 5) is 1.15. The quantitative estimate of drug-likeness (QED) is 0.867. The average Bonchev–Trinajstić information content (AvgIpc) is 2.79. The van der Waals surface area contributed by atoms with Gasteiger partial charge < -0.3 is 10.2 Å². The van der Waals surface area contributed by atoms with Gasteiger partial charge in [0, 0.05) is 15.5 Å². The lowest BCUT2D eigenvalue weighted by Crippen LogP contribution is -2.14. The number of benzene rings is 2. The summed E-state index contributed by atoms with van der Waals surface area (Å²) in [7, 11) is 0. The lowest BCUT2D eigenvalue weighted by molar-refractivity contribution is 0.188. The van der Waals surface area contributed by atoms with Crippen LogP contribution in [0.4, 0.5) is 0 Å². The molecule has 1 aliphatic carbocycles. The Morgan fingerprint density at radius 3 is 2.50 bits per heavy atom. The van der Waals surface area contributed by atoms with Crippen LogP contribution in [0.1, 0.15) is 19.3 Å². The SMILES string of the molecule is Oc1ccc(S[C@@H]2CCC[C@H]2O)c2ccccc12. The monoisotopic (exact) mass is 260 g/mol. The zero-order valence-electron chi connectivity index (χ0n) is 10.0. The fourth-order valence-electron chi connectivity index (χ4n) is 2.57. The van der Waals surface area contributed by atoms with Crippen molar-refractivity contribution >= 4 is 22.5 Å². The topological polar surface area (TPSA) is 40.5 Å². The Hall–Kier alpha value is -1.19. The number of aliphatic hydroxyl groups excluding tert-OH is 1. The molecule has 2 N–H and O–H groups in total. The Morgan fingerprint density at radius 2 is 1.78 bits per heavy atom. The number of aliphatic hydroxyl groups is 1. The van der Waals surface area contributed by atoms with Gasteiger partial charge in [-0.1, -0.05) is 24.3 Å². The van der Waals surface area contributed by atoms with Gasteiger partial charge in [0.2, 0.25) is 0 Å². The van der Waals surface area contributed by atoms with E-state index < -0.39 is 0 Å². The molecule has 0 heterocycles. The minimum atomic E-state index is -0.192. The Bertz CT molecular complexity index is 567. The van der Waals surface area contributed by atoms with Crippen molar-refractivity contribution in [2.75, 3.05) is 0 Å². The molecule has 0 radical (unpaired) electrons. The first-order chi connectivity index (χ1) is 8.75. The summed E-state index contributed by atoms with van der Waals surface area (Å²) >= 11 is 1.74. The number of phenols is 1. The molecule has 3 heteroatoms. The number of aromatic hydroxyl groups is 1. The third-order valence-electron chi connectivity index (χ3n) is 3.56. The second-order valence-corrected chi connectivity index (χ2v) is 6.06. The van der Waals surface area contributed by atoms with E-state index in [4.69, 9.17) is 0 Å². The van der Waals surface area contributed by atoms with Gasteiger partial charge in [-0.2, -0.15) is 0 Å². The van der Waals surface area contributed by atoms with E-state index in [9.17, 15) is 10.2 Å². The van der Waals surface area contributed by atoms with Crippen molar-refractivity contribution in [2.24, 2.45) is 0 Å². The third kappa shape index (κ3) is 2.08. The predicted octanol–water partition coefficient (Wildman–Crippen LogP) is 3.55. The zero-order chi connectivity index (χ0) is 12.5. The van der Waals surface area contributed by atoms with Gasteiger partial charge in [0.15, 0.2) is 0 Å². The highest BCUT2D eigenvalue weighted by Crippen LogP contribution is 2.40. The molecule has 0 aliphatic heterocycles. The van der Waals surface area contributed by atoms with Gasteiger partial charge in [-0.15, -0.1) is 11.8 Å². The van der Waals surface area contributed by atoms with E-state index in [1.54, 1.807) is 17.8 Å². The van der Waals surface area contributed by atoms with Crippen molar-refractivity contribution in [2.45, 2.75) is 35.5 Å². The van der Waals surface area contributed by atoms with Crippen LogP contribution in [0, 0.1) is 0 Å². The van der Waals surface area contributed by atoms with Crippen LogP contribution in [0.3, 0.4) is 0 Å². The largest absolute Gasteiger partial charge is 0.507 e. The molecule has 3 rings (SSSR count). The molecular formula is C15H16O2S. The number of thioether (sulfide) groups is 1. The summed E-state index contributed by atoms with van der Waals surface area (Å²) in [5.74, 6) is 0.321. The summed E-state index contributed by atoms with van der Waals surface area (Å²) in [5, 5.41) is 22.0. The fourth-order valence-corrected chi connectivity index (χ4v) is 3.92. The number of fused-ring (bicyclic) bond motifs is 1. The van der Waals surface area contributed by atoms with Gasteiger partial charge >= 0.3 is 0 Å². The molecule has 1 fully saturated rings. The molecule has 2 nitrogen and oxygen atoms in total. The zero-order valence-corrected chi connectivity index (χ0v) is 10.9. The van der Waals surface area contributed by atoms with Gasteiger partial charge in [-0.25, -0.2) is 0 Å². The molecule has 0 amide bonds.